The van der Waals surface area contributed by atoms with Crippen LogP contribution in [-0.4, -0.2) is 34.5 Å². The molecular weight excluding hydrogens is 208 g/mol. The van der Waals surface area contributed by atoms with Crippen molar-refractivity contribution in [3.05, 3.63) is 0 Å². The molecule has 0 aromatic heterocycles. The van der Waals surface area contributed by atoms with Crippen molar-refractivity contribution in [3.63, 3.8) is 0 Å². The minimum absolute atomic E-state index is 0.0451. The molecule has 3 N–H and O–H groups in total. The van der Waals surface area contributed by atoms with Crippen molar-refractivity contribution in [3.8, 4) is 0 Å². The summed E-state index contributed by atoms with van der Waals surface area (Å²) in [6, 6.07) is 0. The van der Waals surface area contributed by atoms with E-state index < -0.39 is 5.97 Å². The van der Waals surface area contributed by atoms with Crippen molar-refractivity contribution < 1.29 is 20.1 Å². The van der Waals surface area contributed by atoms with Crippen LogP contribution in [0.4, 0.5) is 0 Å². The Morgan fingerprint density at radius 2 is 1.69 bits per heavy atom. The van der Waals surface area contributed by atoms with E-state index in [2.05, 4.69) is 6.92 Å². The highest BCUT2D eigenvalue weighted by Crippen LogP contribution is 2.10. The highest BCUT2D eigenvalue weighted by Gasteiger charge is 2.13. The zero-order chi connectivity index (χ0) is 13.2. The molecule has 0 aliphatic rings. The van der Waals surface area contributed by atoms with Gasteiger partial charge in [-0.25, -0.2) is 0 Å². The first-order valence-electron chi connectivity index (χ1n) is 5.75. The third-order valence-corrected chi connectivity index (χ3v) is 2.27. The average molecular weight is 234 g/mol. The Morgan fingerprint density at radius 1 is 1.25 bits per heavy atom. The molecule has 98 valence electrons. The molecule has 0 aromatic carbocycles. The summed E-state index contributed by atoms with van der Waals surface area (Å²) >= 11 is 0. The van der Waals surface area contributed by atoms with Gasteiger partial charge < -0.3 is 15.3 Å². The first-order valence-corrected chi connectivity index (χ1v) is 5.75. The van der Waals surface area contributed by atoms with Crippen LogP contribution < -0.4 is 0 Å². The number of hydrogen-bond donors (Lipinski definition) is 3. The molecule has 0 saturated heterocycles. The monoisotopic (exact) mass is 234 g/mol. The molecule has 1 atom stereocenters. The normalized spacial score (nSPS) is 12.6. The Hall–Kier alpha value is -0.610. The maximum absolute atomic E-state index is 10.2. The maximum atomic E-state index is 10.2. The van der Waals surface area contributed by atoms with Crippen LogP contribution in [0.15, 0.2) is 0 Å². The van der Waals surface area contributed by atoms with Gasteiger partial charge in [0.2, 0.25) is 0 Å². The van der Waals surface area contributed by atoms with Crippen molar-refractivity contribution in [2.75, 3.05) is 13.2 Å². The fraction of sp³-hybridized carbons (Fsp3) is 0.917. The average Bonchev–Trinajstić information content (AvgIpc) is 2.26. The number of carboxylic acid groups (broad SMARTS) is 1. The summed E-state index contributed by atoms with van der Waals surface area (Å²) < 4.78 is 0. The topological polar surface area (TPSA) is 77.8 Å². The predicted octanol–water partition coefficient (Wildman–Crippen LogP) is 1.89. The SMILES string of the molecule is CC(C)(CO)CO.CCCCC(C)C(=O)O. The number of aliphatic hydroxyl groups is 2. The van der Waals surface area contributed by atoms with E-state index >= 15 is 0 Å². The van der Waals surface area contributed by atoms with Crippen LogP contribution in [0.2, 0.25) is 0 Å². The molecule has 4 heteroatoms. The van der Waals surface area contributed by atoms with E-state index in [1.54, 1.807) is 20.8 Å². The standard InChI is InChI=1S/C7H14O2.C5H12O2/c1-3-4-5-6(2)7(8)9;1-5(2,3-6)4-7/h6H,3-5H2,1-2H3,(H,8,9);6-7H,3-4H2,1-2H3. The lowest BCUT2D eigenvalue weighted by Gasteiger charge is -2.16. The van der Waals surface area contributed by atoms with Gasteiger partial charge in [-0.05, 0) is 6.42 Å². The number of carbonyl (C=O) groups is 1. The van der Waals surface area contributed by atoms with Crippen LogP contribution in [0, 0.1) is 11.3 Å². The Kier molecular flexibility index (Phi) is 10.7. The molecule has 0 aromatic rings. The summed E-state index contributed by atoms with van der Waals surface area (Å²) in [4.78, 5) is 10.2. The quantitative estimate of drug-likeness (QED) is 0.656. The first-order chi connectivity index (χ1) is 7.30. The molecule has 0 saturated carbocycles. The molecule has 16 heavy (non-hydrogen) atoms. The van der Waals surface area contributed by atoms with Crippen LogP contribution in [0.3, 0.4) is 0 Å². The molecule has 0 fully saturated rings. The van der Waals surface area contributed by atoms with Crippen LogP contribution in [0.1, 0.15) is 47.0 Å². The lowest BCUT2D eigenvalue weighted by atomic mass is 9.97. The van der Waals surface area contributed by atoms with Gasteiger partial charge >= 0.3 is 5.97 Å². The minimum atomic E-state index is -0.677. The highest BCUT2D eigenvalue weighted by molar-refractivity contribution is 5.69. The van der Waals surface area contributed by atoms with Gasteiger partial charge in [-0.15, -0.1) is 0 Å². The van der Waals surface area contributed by atoms with Crippen molar-refractivity contribution in [2.24, 2.45) is 11.3 Å². The Labute approximate surface area is 98.3 Å². The number of carboxylic acids is 1. The van der Waals surface area contributed by atoms with E-state index in [9.17, 15) is 4.79 Å². The molecule has 0 radical (unpaired) electrons. The summed E-state index contributed by atoms with van der Waals surface area (Å²) in [5.74, 6) is -0.839. The number of rotatable bonds is 6. The van der Waals surface area contributed by atoms with Crippen LogP contribution in [0.25, 0.3) is 0 Å². The van der Waals surface area contributed by atoms with Crippen LogP contribution >= 0.6 is 0 Å². The molecular formula is C12H26O4. The molecule has 0 amide bonds. The largest absolute Gasteiger partial charge is 0.481 e. The molecule has 4 nitrogen and oxygen atoms in total. The van der Waals surface area contributed by atoms with E-state index in [-0.39, 0.29) is 24.5 Å². The fourth-order valence-electron chi connectivity index (χ4n) is 0.684. The third-order valence-electron chi connectivity index (χ3n) is 2.27. The summed E-state index contributed by atoms with van der Waals surface area (Å²) in [6.45, 7) is 7.50. The third kappa shape index (κ3) is 11.5. The summed E-state index contributed by atoms with van der Waals surface area (Å²) in [6.07, 6.45) is 2.91. The van der Waals surface area contributed by atoms with E-state index in [0.29, 0.717) is 0 Å². The molecule has 0 rings (SSSR count). The zero-order valence-electron chi connectivity index (χ0n) is 10.9. The fourth-order valence-corrected chi connectivity index (χ4v) is 0.684. The van der Waals surface area contributed by atoms with Gasteiger partial charge in [0.15, 0.2) is 0 Å². The lowest BCUT2D eigenvalue weighted by molar-refractivity contribution is -0.141. The zero-order valence-corrected chi connectivity index (χ0v) is 10.9. The second-order valence-electron chi connectivity index (χ2n) is 4.86. The van der Waals surface area contributed by atoms with E-state index in [1.165, 1.54) is 0 Å². The van der Waals surface area contributed by atoms with Crippen molar-refractivity contribution in [1.29, 1.82) is 0 Å². The van der Waals surface area contributed by atoms with Gasteiger partial charge in [0, 0.05) is 5.41 Å². The number of aliphatic hydroxyl groups excluding tert-OH is 2. The van der Waals surface area contributed by atoms with Crippen LogP contribution in [0.5, 0.6) is 0 Å². The molecule has 0 aliphatic carbocycles. The highest BCUT2D eigenvalue weighted by atomic mass is 16.4. The van der Waals surface area contributed by atoms with Gasteiger partial charge in [0.25, 0.3) is 0 Å². The minimum Gasteiger partial charge on any atom is -0.481 e. The Bertz CT molecular complexity index is 172. The molecule has 0 aliphatic heterocycles. The van der Waals surface area contributed by atoms with Gasteiger partial charge in [-0.2, -0.15) is 0 Å². The first kappa shape index (κ1) is 17.8. The maximum Gasteiger partial charge on any atom is 0.306 e. The number of hydrogen-bond acceptors (Lipinski definition) is 3. The van der Waals surface area contributed by atoms with Crippen molar-refractivity contribution in [2.45, 2.75) is 47.0 Å². The van der Waals surface area contributed by atoms with E-state index in [4.69, 9.17) is 15.3 Å². The second-order valence-corrected chi connectivity index (χ2v) is 4.86. The van der Waals surface area contributed by atoms with Gasteiger partial charge in [-0.3, -0.25) is 4.79 Å². The smallest absolute Gasteiger partial charge is 0.306 e. The second kappa shape index (κ2) is 9.60. The Morgan fingerprint density at radius 3 is 1.88 bits per heavy atom. The molecule has 0 bridgehead atoms. The Balaban J connectivity index is 0. The van der Waals surface area contributed by atoms with Crippen molar-refractivity contribution >= 4 is 5.97 Å². The van der Waals surface area contributed by atoms with Crippen LogP contribution in [-0.2, 0) is 4.79 Å². The predicted molar refractivity (Wildman–Crippen MR) is 64.3 cm³/mol. The summed E-state index contributed by atoms with van der Waals surface area (Å²) in [5, 5.41) is 25.3. The summed E-state index contributed by atoms with van der Waals surface area (Å²) in [7, 11) is 0. The summed E-state index contributed by atoms with van der Waals surface area (Å²) in [5.41, 5.74) is -0.306. The van der Waals surface area contributed by atoms with E-state index in [0.717, 1.165) is 19.3 Å². The number of aliphatic carboxylic acids is 1. The number of unbranched alkanes of at least 4 members (excludes halogenated alkanes) is 1. The van der Waals surface area contributed by atoms with Crippen molar-refractivity contribution in [1.82, 2.24) is 0 Å². The van der Waals surface area contributed by atoms with Gasteiger partial charge in [-0.1, -0.05) is 40.5 Å². The lowest BCUT2D eigenvalue weighted by Crippen LogP contribution is -2.20. The van der Waals surface area contributed by atoms with E-state index in [1.807, 2.05) is 0 Å². The van der Waals surface area contributed by atoms with Gasteiger partial charge in [0.1, 0.15) is 0 Å². The molecule has 0 heterocycles. The molecule has 0 spiro atoms. The molecule has 1 unspecified atom stereocenters. The van der Waals surface area contributed by atoms with Gasteiger partial charge in [0.05, 0.1) is 19.1 Å².